The van der Waals surface area contributed by atoms with Gasteiger partial charge in [0.2, 0.25) is 0 Å². The Bertz CT molecular complexity index is 955. The molecule has 1 aromatic heterocycles. The van der Waals surface area contributed by atoms with Gasteiger partial charge in [0.05, 0.1) is 5.71 Å². The first-order valence-corrected chi connectivity index (χ1v) is 8.12. The molecule has 0 radical (unpaired) electrons. The highest BCUT2D eigenvalue weighted by Gasteiger charge is 2.22. The number of aromatic nitrogens is 2. The Morgan fingerprint density at radius 2 is 2.00 bits per heavy atom. The maximum atomic E-state index is 12.3. The summed E-state index contributed by atoms with van der Waals surface area (Å²) in [6.45, 7) is 1.89. The maximum Gasteiger partial charge on any atom is 0.292 e. The molecule has 0 unspecified atom stereocenters. The van der Waals surface area contributed by atoms with Crippen LogP contribution in [0.3, 0.4) is 0 Å². The number of hydrogen-bond acceptors (Lipinski definition) is 3. The fourth-order valence-corrected chi connectivity index (χ4v) is 3.17. The van der Waals surface area contributed by atoms with Crippen molar-refractivity contribution < 1.29 is 4.79 Å². The molecule has 1 aliphatic rings. The topological polar surface area (TPSA) is 70.1 Å². The normalized spacial score (nSPS) is 14.0. The Kier molecular flexibility index (Phi) is 3.61. The van der Waals surface area contributed by atoms with Gasteiger partial charge >= 0.3 is 0 Å². The summed E-state index contributed by atoms with van der Waals surface area (Å²) in [6.07, 6.45) is 2.94. The number of hydrazone groups is 1. The van der Waals surface area contributed by atoms with Gasteiger partial charge in [-0.25, -0.2) is 5.43 Å². The average Bonchev–Trinajstić information content (AvgIpc) is 3.22. The van der Waals surface area contributed by atoms with Crippen molar-refractivity contribution in [2.45, 2.75) is 26.2 Å². The Morgan fingerprint density at radius 3 is 2.88 bits per heavy atom. The molecule has 0 bridgehead atoms. The van der Waals surface area contributed by atoms with Crippen LogP contribution in [0.5, 0.6) is 0 Å². The van der Waals surface area contributed by atoms with Crippen molar-refractivity contribution >= 4 is 22.4 Å². The molecule has 1 amide bonds. The number of fused-ring (bicyclic) bond motifs is 2. The minimum absolute atomic E-state index is 0.255. The molecule has 24 heavy (non-hydrogen) atoms. The number of aryl methyl sites for hydroxylation is 1. The van der Waals surface area contributed by atoms with Gasteiger partial charge in [0, 0.05) is 11.3 Å². The Morgan fingerprint density at radius 1 is 1.17 bits per heavy atom. The van der Waals surface area contributed by atoms with Crippen molar-refractivity contribution in [1.29, 1.82) is 0 Å². The van der Waals surface area contributed by atoms with Crippen molar-refractivity contribution in [2.24, 2.45) is 5.10 Å². The van der Waals surface area contributed by atoms with E-state index in [0.717, 1.165) is 47.2 Å². The van der Waals surface area contributed by atoms with E-state index in [4.69, 9.17) is 0 Å². The lowest BCUT2D eigenvalue weighted by Gasteiger charge is -2.04. The highest BCUT2D eigenvalue weighted by molar-refractivity contribution is 6.03. The number of benzene rings is 2. The van der Waals surface area contributed by atoms with E-state index in [9.17, 15) is 4.79 Å². The van der Waals surface area contributed by atoms with E-state index in [1.165, 1.54) is 5.39 Å². The molecule has 2 N–H and O–H groups in total. The van der Waals surface area contributed by atoms with Gasteiger partial charge in [0.15, 0.2) is 5.69 Å². The minimum Gasteiger partial charge on any atom is -0.281 e. The lowest BCUT2D eigenvalue weighted by molar-refractivity contribution is 0.0949. The number of hydrogen-bond donors (Lipinski definition) is 2. The van der Waals surface area contributed by atoms with Crippen LogP contribution in [0, 0.1) is 0 Å². The van der Waals surface area contributed by atoms with E-state index >= 15 is 0 Å². The highest BCUT2D eigenvalue weighted by Crippen LogP contribution is 2.22. The second kappa shape index (κ2) is 5.92. The molecular weight excluding hydrogens is 300 g/mol. The summed E-state index contributed by atoms with van der Waals surface area (Å²) in [5.74, 6) is -0.255. The molecule has 2 aromatic carbocycles. The van der Waals surface area contributed by atoms with Crippen LogP contribution in [-0.2, 0) is 12.8 Å². The van der Waals surface area contributed by atoms with Gasteiger partial charge in [-0.2, -0.15) is 10.2 Å². The van der Waals surface area contributed by atoms with Crippen molar-refractivity contribution in [3.05, 3.63) is 65.0 Å². The summed E-state index contributed by atoms with van der Waals surface area (Å²) in [7, 11) is 0. The second-order valence-electron chi connectivity index (χ2n) is 6.08. The van der Waals surface area contributed by atoms with E-state index in [2.05, 4.69) is 45.0 Å². The summed E-state index contributed by atoms with van der Waals surface area (Å²) in [5, 5.41) is 13.7. The fourth-order valence-electron chi connectivity index (χ4n) is 3.17. The van der Waals surface area contributed by atoms with Crippen LogP contribution >= 0.6 is 0 Å². The molecular formula is C19H18N4O. The van der Waals surface area contributed by atoms with E-state index in [1.54, 1.807) is 0 Å². The molecule has 0 atom stereocenters. The van der Waals surface area contributed by atoms with Crippen molar-refractivity contribution in [3.63, 3.8) is 0 Å². The summed E-state index contributed by atoms with van der Waals surface area (Å²) < 4.78 is 0. The third-order valence-electron chi connectivity index (χ3n) is 4.51. The minimum atomic E-state index is -0.255. The molecule has 0 spiro atoms. The van der Waals surface area contributed by atoms with Crippen LogP contribution < -0.4 is 5.43 Å². The van der Waals surface area contributed by atoms with Gasteiger partial charge < -0.3 is 0 Å². The van der Waals surface area contributed by atoms with Gasteiger partial charge in [0.25, 0.3) is 5.91 Å². The van der Waals surface area contributed by atoms with Crippen LogP contribution in [0.2, 0.25) is 0 Å². The summed E-state index contributed by atoms with van der Waals surface area (Å²) >= 11 is 0. The highest BCUT2D eigenvalue weighted by atomic mass is 16.2. The van der Waals surface area contributed by atoms with Gasteiger partial charge in [-0.15, -0.1) is 0 Å². The maximum absolute atomic E-state index is 12.3. The Balaban J connectivity index is 1.54. The van der Waals surface area contributed by atoms with E-state index in [1.807, 2.05) is 25.1 Å². The lowest BCUT2D eigenvalue weighted by Crippen LogP contribution is -2.21. The molecule has 4 rings (SSSR count). The second-order valence-corrected chi connectivity index (χ2v) is 6.08. The number of amides is 1. The zero-order chi connectivity index (χ0) is 16.5. The molecule has 0 saturated carbocycles. The first-order chi connectivity index (χ1) is 11.7. The zero-order valence-electron chi connectivity index (χ0n) is 13.5. The number of nitrogens with one attached hydrogen (secondary N) is 2. The van der Waals surface area contributed by atoms with Crippen LogP contribution in [0.1, 0.15) is 40.7 Å². The fraction of sp³-hybridized carbons (Fsp3) is 0.211. The molecule has 1 aliphatic carbocycles. The van der Waals surface area contributed by atoms with Crippen LogP contribution in [-0.4, -0.2) is 21.8 Å². The van der Waals surface area contributed by atoms with Gasteiger partial charge in [-0.3, -0.25) is 9.89 Å². The number of aromatic amines is 1. The average molecular weight is 318 g/mol. The first kappa shape index (κ1) is 14.6. The van der Waals surface area contributed by atoms with E-state index in [-0.39, 0.29) is 5.91 Å². The van der Waals surface area contributed by atoms with E-state index < -0.39 is 0 Å². The summed E-state index contributed by atoms with van der Waals surface area (Å²) in [5.41, 5.74) is 6.96. The molecule has 0 saturated heterocycles. The van der Waals surface area contributed by atoms with Gasteiger partial charge in [-0.05, 0) is 48.6 Å². The van der Waals surface area contributed by atoms with Crippen LogP contribution in [0.25, 0.3) is 10.8 Å². The Hall–Kier alpha value is -2.95. The van der Waals surface area contributed by atoms with Crippen molar-refractivity contribution in [1.82, 2.24) is 15.6 Å². The smallest absolute Gasteiger partial charge is 0.281 e. The monoisotopic (exact) mass is 318 g/mol. The lowest BCUT2D eigenvalue weighted by atomic mass is 10.0. The SMILES string of the molecule is C/C(=N/NC(=O)c1n[nH]c2c1CCC2)c1ccc2ccccc2c1. The summed E-state index contributed by atoms with van der Waals surface area (Å²) in [6, 6.07) is 14.3. The molecule has 1 heterocycles. The van der Waals surface area contributed by atoms with Gasteiger partial charge in [0.1, 0.15) is 0 Å². The predicted octanol–water partition coefficient (Wildman–Crippen LogP) is 3.21. The molecule has 120 valence electrons. The molecule has 0 fully saturated rings. The quantitative estimate of drug-likeness (QED) is 0.575. The first-order valence-electron chi connectivity index (χ1n) is 8.12. The standard InChI is InChI=1S/C19H18N4O/c1-12(14-10-9-13-5-2-3-6-15(13)11-14)20-23-19(24)18-16-7-4-8-17(16)21-22-18/h2-3,5-6,9-11H,4,7-8H2,1H3,(H,21,22)(H,23,24)/b20-12-. The number of carbonyl (C=O) groups is 1. The number of rotatable bonds is 3. The van der Waals surface area contributed by atoms with E-state index in [0.29, 0.717) is 5.69 Å². The zero-order valence-corrected chi connectivity index (χ0v) is 13.5. The molecule has 5 nitrogen and oxygen atoms in total. The predicted molar refractivity (Wildman–Crippen MR) is 94.2 cm³/mol. The van der Waals surface area contributed by atoms with Gasteiger partial charge in [-0.1, -0.05) is 36.4 Å². The number of H-pyrrole nitrogens is 1. The Labute approximate surface area is 139 Å². The van der Waals surface area contributed by atoms with Crippen molar-refractivity contribution in [3.8, 4) is 0 Å². The molecule has 0 aliphatic heterocycles. The number of carbonyl (C=O) groups excluding carboxylic acids is 1. The number of nitrogens with zero attached hydrogens (tertiary/aromatic N) is 2. The summed E-state index contributed by atoms with van der Waals surface area (Å²) in [4.78, 5) is 12.3. The van der Waals surface area contributed by atoms with Crippen molar-refractivity contribution in [2.75, 3.05) is 0 Å². The third kappa shape index (κ3) is 2.58. The van der Waals surface area contributed by atoms with Crippen LogP contribution in [0.4, 0.5) is 0 Å². The largest absolute Gasteiger partial charge is 0.292 e. The third-order valence-corrected chi connectivity index (χ3v) is 4.51. The molecule has 3 aromatic rings. The van der Waals surface area contributed by atoms with Crippen LogP contribution in [0.15, 0.2) is 47.6 Å². The molecule has 5 heteroatoms.